The van der Waals surface area contributed by atoms with Crippen molar-refractivity contribution in [2.75, 3.05) is 13.1 Å². The average Bonchev–Trinajstić information content (AvgIpc) is 2.68. The van der Waals surface area contributed by atoms with Crippen molar-refractivity contribution in [3.63, 3.8) is 0 Å². The number of piperidine rings is 1. The number of carbonyl (C=O) groups is 2. The van der Waals surface area contributed by atoms with Crippen molar-refractivity contribution in [2.45, 2.75) is 51.0 Å². The molecule has 3 rings (SSSR count). The summed E-state index contributed by atoms with van der Waals surface area (Å²) in [6.45, 7) is 1.11. The molecule has 1 saturated carbocycles. The van der Waals surface area contributed by atoms with Gasteiger partial charge in [0.05, 0.1) is 4.92 Å². The van der Waals surface area contributed by atoms with Gasteiger partial charge in [0, 0.05) is 42.7 Å². The maximum atomic E-state index is 12.6. The van der Waals surface area contributed by atoms with Gasteiger partial charge in [-0.3, -0.25) is 19.7 Å². The molecule has 1 aromatic rings. The van der Waals surface area contributed by atoms with E-state index in [0.29, 0.717) is 18.7 Å². The van der Waals surface area contributed by atoms with E-state index >= 15 is 0 Å². The highest BCUT2D eigenvalue weighted by atomic mass is 16.6. The molecular weight excluding hydrogens is 334 g/mol. The van der Waals surface area contributed by atoms with Crippen LogP contribution in [0.1, 0.15) is 55.3 Å². The van der Waals surface area contributed by atoms with E-state index in [1.807, 2.05) is 0 Å². The Morgan fingerprint density at radius 1 is 1.08 bits per heavy atom. The lowest BCUT2D eigenvalue weighted by molar-refractivity contribution is -0.384. The Kier molecular flexibility index (Phi) is 5.85. The summed E-state index contributed by atoms with van der Waals surface area (Å²) in [7, 11) is 0. The molecule has 0 aromatic heterocycles. The zero-order valence-electron chi connectivity index (χ0n) is 14.9. The normalized spacial score (nSPS) is 19.2. The van der Waals surface area contributed by atoms with Gasteiger partial charge in [0.2, 0.25) is 5.91 Å². The minimum atomic E-state index is -0.496. The number of rotatable bonds is 4. The van der Waals surface area contributed by atoms with E-state index in [1.54, 1.807) is 11.0 Å². The number of carbonyl (C=O) groups excluding carboxylic acids is 2. The van der Waals surface area contributed by atoms with Gasteiger partial charge in [-0.05, 0) is 31.7 Å². The Balaban J connectivity index is 1.51. The van der Waals surface area contributed by atoms with Crippen LogP contribution >= 0.6 is 0 Å². The minimum absolute atomic E-state index is 0.0783. The SMILES string of the molecule is O=C(NC1CCN(C(=O)c2cccc([N+](=O)[O-])c2)CC1)C1CCCCC1. The van der Waals surface area contributed by atoms with Crippen LogP contribution in [0, 0.1) is 16.0 Å². The summed E-state index contributed by atoms with van der Waals surface area (Å²) in [6.07, 6.45) is 6.90. The van der Waals surface area contributed by atoms with Gasteiger partial charge in [0.25, 0.3) is 11.6 Å². The second-order valence-corrected chi connectivity index (χ2v) is 7.22. The molecule has 0 atom stereocenters. The van der Waals surface area contributed by atoms with Crippen LogP contribution < -0.4 is 5.32 Å². The zero-order chi connectivity index (χ0) is 18.5. The first-order chi connectivity index (χ1) is 12.5. The number of nitrogens with one attached hydrogen (secondary N) is 1. The molecule has 140 valence electrons. The van der Waals surface area contributed by atoms with E-state index in [0.717, 1.165) is 38.5 Å². The molecule has 0 spiro atoms. The summed E-state index contributed by atoms with van der Waals surface area (Å²) < 4.78 is 0. The van der Waals surface area contributed by atoms with Crippen LogP contribution in [0.25, 0.3) is 0 Å². The van der Waals surface area contributed by atoms with Crippen molar-refractivity contribution >= 4 is 17.5 Å². The molecular formula is C19H25N3O4. The van der Waals surface area contributed by atoms with E-state index in [4.69, 9.17) is 0 Å². The summed E-state index contributed by atoms with van der Waals surface area (Å²) in [6, 6.07) is 5.94. The number of amides is 2. The van der Waals surface area contributed by atoms with E-state index < -0.39 is 4.92 Å². The third kappa shape index (κ3) is 4.39. The van der Waals surface area contributed by atoms with Crippen molar-refractivity contribution < 1.29 is 14.5 Å². The maximum absolute atomic E-state index is 12.6. The van der Waals surface area contributed by atoms with Gasteiger partial charge < -0.3 is 10.2 Å². The lowest BCUT2D eigenvalue weighted by atomic mass is 9.88. The van der Waals surface area contributed by atoms with Crippen molar-refractivity contribution in [3.05, 3.63) is 39.9 Å². The first-order valence-corrected chi connectivity index (χ1v) is 9.38. The maximum Gasteiger partial charge on any atom is 0.270 e. The Labute approximate surface area is 152 Å². The minimum Gasteiger partial charge on any atom is -0.353 e. The van der Waals surface area contributed by atoms with Crippen LogP contribution in [0.5, 0.6) is 0 Å². The molecule has 0 unspecified atom stereocenters. The predicted octanol–water partition coefficient (Wildman–Crippen LogP) is 2.90. The van der Waals surface area contributed by atoms with Crippen LogP contribution in [0.2, 0.25) is 0 Å². The highest BCUT2D eigenvalue weighted by Gasteiger charge is 2.28. The Hall–Kier alpha value is -2.44. The highest BCUT2D eigenvalue weighted by molar-refractivity contribution is 5.94. The largest absolute Gasteiger partial charge is 0.353 e. The number of nitro benzene ring substituents is 1. The molecule has 1 aromatic carbocycles. The summed E-state index contributed by atoms with van der Waals surface area (Å²) in [5.74, 6) is 0.118. The smallest absolute Gasteiger partial charge is 0.270 e. The molecule has 7 nitrogen and oxygen atoms in total. The van der Waals surface area contributed by atoms with Crippen LogP contribution in [-0.2, 0) is 4.79 Å². The fraction of sp³-hybridized carbons (Fsp3) is 0.579. The number of nitrogens with zero attached hydrogens (tertiary/aromatic N) is 2. The Bertz CT molecular complexity index is 677. The summed E-state index contributed by atoms with van der Waals surface area (Å²) in [4.78, 5) is 37.0. The Morgan fingerprint density at radius 3 is 2.42 bits per heavy atom. The molecule has 7 heteroatoms. The molecule has 2 amide bonds. The van der Waals surface area contributed by atoms with Crippen molar-refractivity contribution in [2.24, 2.45) is 5.92 Å². The standard InChI is InChI=1S/C19H25N3O4/c23-18(14-5-2-1-3-6-14)20-16-9-11-21(12-10-16)19(24)15-7-4-8-17(13-15)22(25)26/h4,7-8,13-14,16H,1-3,5-6,9-12H2,(H,20,23). The second kappa shape index (κ2) is 8.29. The van der Waals surface area contributed by atoms with E-state index in [2.05, 4.69) is 5.32 Å². The van der Waals surface area contributed by atoms with Gasteiger partial charge >= 0.3 is 0 Å². The number of non-ortho nitro benzene ring substituents is 1. The first kappa shape index (κ1) is 18.4. The number of benzene rings is 1. The van der Waals surface area contributed by atoms with Gasteiger partial charge in [0.1, 0.15) is 0 Å². The zero-order valence-corrected chi connectivity index (χ0v) is 14.9. The highest BCUT2D eigenvalue weighted by Crippen LogP contribution is 2.24. The summed E-state index contributed by atoms with van der Waals surface area (Å²) in [5.41, 5.74) is 0.259. The molecule has 2 aliphatic rings. The van der Waals surface area contributed by atoms with Crippen LogP contribution in [0.3, 0.4) is 0 Å². The van der Waals surface area contributed by atoms with Gasteiger partial charge in [-0.25, -0.2) is 0 Å². The average molecular weight is 359 g/mol. The van der Waals surface area contributed by atoms with Gasteiger partial charge in [0.15, 0.2) is 0 Å². The van der Waals surface area contributed by atoms with Crippen LogP contribution in [0.4, 0.5) is 5.69 Å². The van der Waals surface area contributed by atoms with Crippen LogP contribution in [0.15, 0.2) is 24.3 Å². The fourth-order valence-electron chi connectivity index (χ4n) is 3.85. The van der Waals surface area contributed by atoms with E-state index in [9.17, 15) is 19.7 Å². The van der Waals surface area contributed by atoms with Crippen molar-refractivity contribution in [3.8, 4) is 0 Å². The van der Waals surface area contributed by atoms with Crippen molar-refractivity contribution in [1.82, 2.24) is 10.2 Å². The summed E-state index contributed by atoms with van der Waals surface area (Å²) in [5, 5.41) is 14.0. The second-order valence-electron chi connectivity index (χ2n) is 7.22. The number of likely N-dealkylation sites (tertiary alicyclic amines) is 1. The molecule has 1 saturated heterocycles. The number of hydrogen-bond acceptors (Lipinski definition) is 4. The summed E-state index contributed by atoms with van der Waals surface area (Å²) >= 11 is 0. The molecule has 26 heavy (non-hydrogen) atoms. The third-order valence-corrected chi connectivity index (χ3v) is 5.41. The molecule has 1 aliphatic heterocycles. The number of hydrogen-bond donors (Lipinski definition) is 1. The molecule has 1 aliphatic carbocycles. The van der Waals surface area contributed by atoms with Crippen LogP contribution in [-0.4, -0.2) is 40.8 Å². The van der Waals surface area contributed by atoms with Gasteiger partial charge in [-0.2, -0.15) is 0 Å². The molecule has 1 N–H and O–H groups in total. The van der Waals surface area contributed by atoms with E-state index in [-0.39, 0.29) is 29.5 Å². The van der Waals surface area contributed by atoms with Crippen molar-refractivity contribution in [1.29, 1.82) is 0 Å². The van der Waals surface area contributed by atoms with E-state index in [1.165, 1.54) is 24.6 Å². The first-order valence-electron chi connectivity index (χ1n) is 9.38. The lowest BCUT2D eigenvalue weighted by Gasteiger charge is -2.33. The quantitative estimate of drug-likeness (QED) is 0.661. The number of nitro groups is 1. The monoisotopic (exact) mass is 359 g/mol. The Morgan fingerprint density at radius 2 is 1.77 bits per heavy atom. The molecule has 0 bridgehead atoms. The predicted molar refractivity (Wildman–Crippen MR) is 96.7 cm³/mol. The lowest BCUT2D eigenvalue weighted by Crippen LogP contribution is -2.48. The fourth-order valence-corrected chi connectivity index (χ4v) is 3.85. The topological polar surface area (TPSA) is 92.6 Å². The molecule has 0 radical (unpaired) electrons. The third-order valence-electron chi connectivity index (χ3n) is 5.41. The molecule has 2 fully saturated rings. The van der Waals surface area contributed by atoms with Gasteiger partial charge in [-0.1, -0.05) is 25.3 Å². The molecule has 1 heterocycles. The van der Waals surface area contributed by atoms with Gasteiger partial charge in [-0.15, -0.1) is 0 Å².